The number of anilines is 2. The van der Waals surface area contributed by atoms with E-state index in [9.17, 15) is 18.3 Å². The fourth-order valence-corrected chi connectivity index (χ4v) is 3.24. The van der Waals surface area contributed by atoms with Gasteiger partial charge >= 0.3 is 6.03 Å². The van der Waals surface area contributed by atoms with E-state index in [1.54, 1.807) is 18.2 Å². The van der Waals surface area contributed by atoms with Gasteiger partial charge in [-0.15, -0.1) is 0 Å². The summed E-state index contributed by atoms with van der Waals surface area (Å²) in [5.74, 6) is 0. The fraction of sp³-hybridized carbons (Fsp3) is 0.533. The highest BCUT2D eigenvalue weighted by molar-refractivity contribution is 7.92. The first-order chi connectivity index (χ1) is 10.8. The van der Waals surface area contributed by atoms with Gasteiger partial charge in [0.05, 0.1) is 17.5 Å². The number of benzene rings is 1. The SMILES string of the molecule is CS(=O)(=O)Nc1cccc(NC(=O)NCC2(O)CCCCC2)c1. The van der Waals surface area contributed by atoms with Crippen molar-refractivity contribution in [3.63, 3.8) is 0 Å². The average molecular weight is 341 g/mol. The van der Waals surface area contributed by atoms with Crippen molar-refractivity contribution in [2.45, 2.75) is 37.7 Å². The van der Waals surface area contributed by atoms with Crippen LogP contribution in [0.3, 0.4) is 0 Å². The smallest absolute Gasteiger partial charge is 0.319 e. The van der Waals surface area contributed by atoms with Gasteiger partial charge in [0, 0.05) is 12.2 Å². The van der Waals surface area contributed by atoms with Gasteiger partial charge in [-0.2, -0.15) is 0 Å². The van der Waals surface area contributed by atoms with Crippen LogP contribution in [0.4, 0.5) is 16.2 Å². The average Bonchev–Trinajstić information content (AvgIpc) is 2.45. The van der Waals surface area contributed by atoms with E-state index in [-0.39, 0.29) is 6.54 Å². The highest BCUT2D eigenvalue weighted by Gasteiger charge is 2.29. The van der Waals surface area contributed by atoms with E-state index < -0.39 is 21.7 Å². The van der Waals surface area contributed by atoms with Crippen LogP contribution in [0.15, 0.2) is 24.3 Å². The molecule has 4 N–H and O–H groups in total. The normalized spacial score (nSPS) is 17.3. The van der Waals surface area contributed by atoms with Crippen molar-refractivity contribution in [1.29, 1.82) is 0 Å². The number of carbonyl (C=O) groups excluding carboxylic acids is 1. The summed E-state index contributed by atoms with van der Waals surface area (Å²) in [6, 6.07) is 5.98. The second-order valence-electron chi connectivity index (χ2n) is 6.05. The van der Waals surface area contributed by atoms with E-state index in [0.717, 1.165) is 25.5 Å². The second-order valence-corrected chi connectivity index (χ2v) is 7.80. The van der Waals surface area contributed by atoms with Gasteiger partial charge in [0.15, 0.2) is 0 Å². The van der Waals surface area contributed by atoms with Crippen LogP contribution in [-0.2, 0) is 10.0 Å². The highest BCUT2D eigenvalue weighted by Crippen LogP contribution is 2.27. The number of carbonyl (C=O) groups is 1. The Balaban J connectivity index is 1.88. The first-order valence-corrected chi connectivity index (χ1v) is 9.50. The molecule has 0 aliphatic heterocycles. The molecule has 23 heavy (non-hydrogen) atoms. The van der Waals surface area contributed by atoms with Crippen LogP contribution in [0.25, 0.3) is 0 Å². The maximum absolute atomic E-state index is 11.9. The number of nitrogens with one attached hydrogen (secondary N) is 3. The van der Waals surface area contributed by atoms with E-state index in [4.69, 9.17) is 0 Å². The lowest BCUT2D eigenvalue weighted by atomic mass is 9.85. The lowest BCUT2D eigenvalue weighted by Gasteiger charge is -2.32. The van der Waals surface area contributed by atoms with Crippen LogP contribution in [-0.4, -0.2) is 38.0 Å². The molecule has 1 saturated carbocycles. The molecule has 1 aromatic rings. The molecule has 128 valence electrons. The van der Waals surface area contributed by atoms with E-state index in [0.29, 0.717) is 24.2 Å². The van der Waals surface area contributed by atoms with E-state index in [1.807, 2.05) is 0 Å². The molecule has 2 amide bonds. The van der Waals surface area contributed by atoms with Gasteiger partial charge in [-0.25, -0.2) is 13.2 Å². The number of hydrogen-bond donors (Lipinski definition) is 4. The van der Waals surface area contributed by atoms with Crippen LogP contribution in [0.1, 0.15) is 32.1 Å². The summed E-state index contributed by atoms with van der Waals surface area (Å²) in [6.07, 6.45) is 5.51. The summed E-state index contributed by atoms with van der Waals surface area (Å²) >= 11 is 0. The first-order valence-electron chi connectivity index (χ1n) is 7.61. The predicted octanol–water partition coefficient (Wildman–Crippen LogP) is 1.87. The topological polar surface area (TPSA) is 108 Å². The van der Waals surface area contributed by atoms with Crippen molar-refractivity contribution in [3.8, 4) is 0 Å². The number of amides is 2. The lowest BCUT2D eigenvalue weighted by molar-refractivity contribution is 0.00755. The molecule has 0 aromatic heterocycles. The Labute approximate surface area is 136 Å². The second kappa shape index (κ2) is 7.18. The largest absolute Gasteiger partial charge is 0.388 e. The molecule has 1 aliphatic rings. The molecule has 0 radical (unpaired) electrons. The molecule has 2 rings (SSSR count). The molecule has 0 heterocycles. The number of hydrogen-bond acceptors (Lipinski definition) is 4. The fourth-order valence-electron chi connectivity index (χ4n) is 2.68. The molecule has 0 saturated heterocycles. The highest BCUT2D eigenvalue weighted by atomic mass is 32.2. The molecule has 0 unspecified atom stereocenters. The van der Waals surface area contributed by atoms with Crippen LogP contribution in [0.5, 0.6) is 0 Å². The van der Waals surface area contributed by atoms with E-state index in [1.165, 1.54) is 6.07 Å². The Kier molecular flexibility index (Phi) is 5.48. The van der Waals surface area contributed by atoms with E-state index >= 15 is 0 Å². The van der Waals surface area contributed by atoms with Crippen molar-refractivity contribution < 1.29 is 18.3 Å². The summed E-state index contributed by atoms with van der Waals surface area (Å²) in [5, 5.41) is 15.6. The molecule has 1 aliphatic carbocycles. The zero-order valence-corrected chi connectivity index (χ0v) is 13.9. The third-order valence-electron chi connectivity index (χ3n) is 3.79. The molecule has 8 heteroatoms. The zero-order chi connectivity index (χ0) is 16.9. The lowest BCUT2D eigenvalue weighted by Crippen LogP contribution is -2.45. The molecular formula is C15H23N3O4S. The third kappa shape index (κ3) is 6.07. The first kappa shape index (κ1) is 17.6. The van der Waals surface area contributed by atoms with Gasteiger partial charge in [0.25, 0.3) is 0 Å². The van der Waals surface area contributed by atoms with Crippen molar-refractivity contribution in [1.82, 2.24) is 5.32 Å². The Hall–Kier alpha value is -1.80. The van der Waals surface area contributed by atoms with Gasteiger partial charge in [0.1, 0.15) is 0 Å². The van der Waals surface area contributed by atoms with E-state index in [2.05, 4.69) is 15.4 Å². The molecule has 0 bridgehead atoms. The van der Waals surface area contributed by atoms with Crippen molar-refractivity contribution in [3.05, 3.63) is 24.3 Å². The van der Waals surface area contributed by atoms with Crippen molar-refractivity contribution in [2.24, 2.45) is 0 Å². The van der Waals surface area contributed by atoms with Gasteiger partial charge < -0.3 is 15.7 Å². The summed E-state index contributed by atoms with van der Waals surface area (Å²) in [7, 11) is -3.37. The van der Waals surface area contributed by atoms with Gasteiger partial charge in [-0.05, 0) is 31.0 Å². The zero-order valence-electron chi connectivity index (χ0n) is 13.1. The monoisotopic (exact) mass is 341 g/mol. The van der Waals surface area contributed by atoms with Crippen LogP contribution in [0, 0.1) is 0 Å². The van der Waals surface area contributed by atoms with Crippen molar-refractivity contribution in [2.75, 3.05) is 22.8 Å². The summed E-state index contributed by atoms with van der Waals surface area (Å²) in [6.45, 7) is 0.208. The maximum Gasteiger partial charge on any atom is 0.319 e. The standard InChI is InChI=1S/C15H23N3O4S/c1-23(21,22)18-13-7-5-6-12(10-13)17-14(19)16-11-15(20)8-3-2-4-9-15/h5-7,10,18,20H,2-4,8-9,11H2,1H3,(H2,16,17,19). The Morgan fingerprint density at radius 3 is 2.52 bits per heavy atom. The van der Waals surface area contributed by atoms with Gasteiger partial charge in [-0.1, -0.05) is 25.3 Å². The summed E-state index contributed by atoms with van der Waals surface area (Å²) in [4.78, 5) is 11.9. The quantitative estimate of drug-likeness (QED) is 0.656. The number of rotatable bonds is 5. The molecule has 0 spiro atoms. The molecule has 1 aromatic carbocycles. The number of urea groups is 1. The summed E-state index contributed by atoms with van der Waals surface area (Å²) < 4.78 is 24.8. The van der Waals surface area contributed by atoms with Crippen LogP contribution in [0.2, 0.25) is 0 Å². The molecule has 1 fully saturated rings. The minimum atomic E-state index is -3.37. The minimum absolute atomic E-state index is 0.208. The Morgan fingerprint density at radius 1 is 1.22 bits per heavy atom. The number of aliphatic hydroxyl groups is 1. The van der Waals surface area contributed by atoms with Gasteiger partial charge in [0.2, 0.25) is 10.0 Å². The maximum atomic E-state index is 11.9. The minimum Gasteiger partial charge on any atom is -0.388 e. The molecule has 0 atom stereocenters. The van der Waals surface area contributed by atoms with Crippen molar-refractivity contribution >= 4 is 27.4 Å². The Morgan fingerprint density at radius 2 is 1.87 bits per heavy atom. The summed E-state index contributed by atoms with van der Waals surface area (Å²) in [5.41, 5.74) is 0.0120. The van der Waals surface area contributed by atoms with Gasteiger partial charge in [-0.3, -0.25) is 4.72 Å². The Bertz CT molecular complexity index is 654. The van der Waals surface area contributed by atoms with Crippen LogP contribution < -0.4 is 15.4 Å². The third-order valence-corrected chi connectivity index (χ3v) is 4.39. The van der Waals surface area contributed by atoms with Crippen LogP contribution >= 0.6 is 0 Å². The number of sulfonamides is 1. The molecular weight excluding hydrogens is 318 g/mol. The predicted molar refractivity (Wildman–Crippen MR) is 90.0 cm³/mol. The molecule has 7 nitrogen and oxygen atoms in total.